The van der Waals surface area contributed by atoms with Crippen LogP contribution in [0.5, 0.6) is 0 Å². The molecule has 0 saturated heterocycles. The van der Waals surface area contributed by atoms with Crippen molar-refractivity contribution in [1.29, 1.82) is 0 Å². The number of hydrogen-bond acceptors (Lipinski definition) is 1. The van der Waals surface area contributed by atoms with E-state index in [1.165, 1.54) is 11.1 Å². The Morgan fingerprint density at radius 2 is 1.80 bits per heavy atom. The fourth-order valence-corrected chi connectivity index (χ4v) is 4.44. The highest BCUT2D eigenvalue weighted by Gasteiger charge is 2.45. The van der Waals surface area contributed by atoms with Crippen LogP contribution < -0.4 is 0 Å². The van der Waals surface area contributed by atoms with Gasteiger partial charge in [0.2, 0.25) is 0 Å². The summed E-state index contributed by atoms with van der Waals surface area (Å²) in [5.74, 6) is 1.19. The molecule has 0 aliphatic heterocycles. The van der Waals surface area contributed by atoms with E-state index >= 15 is 0 Å². The summed E-state index contributed by atoms with van der Waals surface area (Å²) in [7, 11) is -1.68. The topological polar surface area (TPSA) is 9.23 Å². The Kier molecular flexibility index (Phi) is 3.22. The average Bonchev–Trinajstić information content (AvgIpc) is 2.27. The second-order valence-corrected chi connectivity index (χ2v) is 12.6. The molecule has 0 fully saturated rings. The van der Waals surface area contributed by atoms with Crippen LogP contribution in [0.2, 0.25) is 18.1 Å². The molecular formula is C18H26OSi. The van der Waals surface area contributed by atoms with E-state index in [0.29, 0.717) is 17.9 Å². The minimum Gasteiger partial charge on any atom is -0.413 e. The molecule has 2 heteroatoms. The maximum absolute atomic E-state index is 6.72. The van der Waals surface area contributed by atoms with Crippen LogP contribution in [0.15, 0.2) is 36.4 Å². The van der Waals surface area contributed by atoms with Crippen molar-refractivity contribution in [1.82, 2.24) is 0 Å². The van der Waals surface area contributed by atoms with E-state index in [0.717, 1.165) is 6.42 Å². The van der Waals surface area contributed by atoms with Gasteiger partial charge in [-0.15, -0.1) is 0 Å². The number of fused-ring (bicyclic) bond motifs is 3. The van der Waals surface area contributed by atoms with Gasteiger partial charge in [-0.2, -0.15) is 0 Å². The van der Waals surface area contributed by atoms with Crippen LogP contribution >= 0.6 is 0 Å². The van der Waals surface area contributed by atoms with Gasteiger partial charge in [0.05, 0.1) is 6.10 Å². The summed E-state index contributed by atoms with van der Waals surface area (Å²) in [6.07, 6.45) is 6.16. The summed E-state index contributed by atoms with van der Waals surface area (Å²) in [4.78, 5) is 0. The Hall–Kier alpha value is -0.863. The van der Waals surface area contributed by atoms with Crippen molar-refractivity contribution >= 4 is 8.32 Å². The van der Waals surface area contributed by atoms with Crippen molar-refractivity contribution < 1.29 is 4.43 Å². The fourth-order valence-electron chi connectivity index (χ4n) is 3.09. The molecule has 0 radical (unpaired) electrons. The molecule has 2 aliphatic rings. The van der Waals surface area contributed by atoms with E-state index in [4.69, 9.17) is 4.43 Å². The number of rotatable bonds is 2. The predicted molar refractivity (Wildman–Crippen MR) is 87.6 cm³/mol. The summed E-state index contributed by atoms with van der Waals surface area (Å²) in [5.41, 5.74) is 3.01. The van der Waals surface area contributed by atoms with Gasteiger partial charge in [-0.1, -0.05) is 57.2 Å². The summed E-state index contributed by atoms with van der Waals surface area (Å²) >= 11 is 0. The summed E-state index contributed by atoms with van der Waals surface area (Å²) in [5, 5.41) is 0.285. The molecule has 0 saturated carbocycles. The van der Waals surface area contributed by atoms with Crippen molar-refractivity contribution in [2.75, 3.05) is 0 Å². The zero-order valence-corrected chi connectivity index (χ0v) is 14.3. The third-order valence-corrected chi connectivity index (χ3v) is 9.98. The van der Waals surface area contributed by atoms with Crippen molar-refractivity contribution in [3.05, 3.63) is 47.5 Å². The molecule has 0 bridgehead atoms. The van der Waals surface area contributed by atoms with Gasteiger partial charge in [-0.25, -0.2) is 0 Å². The maximum atomic E-state index is 6.72. The quantitative estimate of drug-likeness (QED) is 0.555. The SMILES string of the molecule is CC(C)(C)[Si](C)(C)O[C@H]1Cc2ccccc2[C@@H]2C=C[C@H]12. The second kappa shape index (κ2) is 4.57. The first-order chi connectivity index (χ1) is 9.29. The minimum atomic E-state index is -1.68. The van der Waals surface area contributed by atoms with Gasteiger partial charge >= 0.3 is 0 Å². The van der Waals surface area contributed by atoms with E-state index in [-0.39, 0.29) is 5.04 Å². The molecule has 20 heavy (non-hydrogen) atoms. The largest absolute Gasteiger partial charge is 0.413 e. The number of allylic oxidation sites excluding steroid dienone is 1. The van der Waals surface area contributed by atoms with Gasteiger partial charge in [0.15, 0.2) is 8.32 Å². The lowest BCUT2D eigenvalue weighted by molar-refractivity contribution is 0.114. The molecule has 1 aromatic carbocycles. The molecule has 3 atom stereocenters. The van der Waals surface area contributed by atoms with Crippen molar-refractivity contribution in [3.63, 3.8) is 0 Å². The lowest BCUT2D eigenvalue weighted by Crippen LogP contribution is -2.49. The van der Waals surface area contributed by atoms with E-state index in [1.54, 1.807) is 0 Å². The molecule has 1 aromatic rings. The van der Waals surface area contributed by atoms with Gasteiger partial charge in [-0.05, 0) is 35.7 Å². The zero-order chi connectivity index (χ0) is 14.5. The minimum absolute atomic E-state index is 0.285. The third-order valence-electron chi connectivity index (χ3n) is 5.47. The summed E-state index contributed by atoms with van der Waals surface area (Å²) in [6, 6.07) is 8.89. The molecule has 0 N–H and O–H groups in total. The van der Waals surface area contributed by atoms with Crippen LogP contribution in [0.25, 0.3) is 0 Å². The monoisotopic (exact) mass is 286 g/mol. The second-order valence-electron chi connectivity index (χ2n) is 7.81. The van der Waals surface area contributed by atoms with E-state index < -0.39 is 8.32 Å². The van der Waals surface area contributed by atoms with E-state index in [9.17, 15) is 0 Å². The highest BCUT2D eigenvalue weighted by atomic mass is 28.4. The lowest BCUT2D eigenvalue weighted by atomic mass is 9.67. The van der Waals surface area contributed by atoms with Crippen LogP contribution in [-0.2, 0) is 10.8 Å². The molecule has 1 nitrogen and oxygen atoms in total. The fraction of sp³-hybridized carbons (Fsp3) is 0.556. The molecule has 0 amide bonds. The van der Waals surface area contributed by atoms with Gasteiger partial charge in [0, 0.05) is 11.8 Å². The van der Waals surface area contributed by atoms with Crippen molar-refractivity contribution in [2.24, 2.45) is 5.92 Å². The molecule has 2 aliphatic carbocycles. The Labute approximate surface area is 124 Å². The number of hydrogen-bond donors (Lipinski definition) is 0. The van der Waals surface area contributed by atoms with E-state index in [1.807, 2.05) is 0 Å². The summed E-state index contributed by atoms with van der Waals surface area (Å²) < 4.78 is 6.72. The van der Waals surface area contributed by atoms with Crippen molar-refractivity contribution in [3.8, 4) is 0 Å². The third kappa shape index (κ3) is 2.19. The van der Waals surface area contributed by atoms with Crippen LogP contribution in [0.4, 0.5) is 0 Å². The number of benzene rings is 1. The predicted octanol–water partition coefficient (Wildman–Crippen LogP) is 4.90. The smallest absolute Gasteiger partial charge is 0.192 e. The Morgan fingerprint density at radius 3 is 2.40 bits per heavy atom. The van der Waals surface area contributed by atoms with Crippen LogP contribution in [0.1, 0.15) is 37.8 Å². The lowest BCUT2D eigenvalue weighted by Gasteiger charge is -2.47. The van der Waals surface area contributed by atoms with Gasteiger partial charge in [0.25, 0.3) is 0 Å². The maximum Gasteiger partial charge on any atom is 0.192 e. The Morgan fingerprint density at radius 1 is 1.10 bits per heavy atom. The Bertz CT molecular complexity index is 539. The van der Waals surface area contributed by atoms with Crippen LogP contribution in [0.3, 0.4) is 0 Å². The standard InChI is InChI=1S/C18H26OSi/c1-18(2,3)20(4,5)19-17-12-13-8-6-7-9-14(13)15-10-11-16(15)17/h6-11,15-17H,12H2,1-5H3/t15-,16-,17-/m0/s1. The molecule has 108 valence electrons. The van der Waals surface area contributed by atoms with Gasteiger partial charge < -0.3 is 4.43 Å². The van der Waals surface area contributed by atoms with Crippen LogP contribution in [0, 0.1) is 5.92 Å². The molecule has 0 spiro atoms. The average molecular weight is 286 g/mol. The van der Waals surface area contributed by atoms with Gasteiger partial charge in [-0.3, -0.25) is 0 Å². The van der Waals surface area contributed by atoms with E-state index in [2.05, 4.69) is 70.3 Å². The van der Waals surface area contributed by atoms with Crippen LogP contribution in [-0.4, -0.2) is 14.4 Å². The first kappa shape index (κ1) is 14.1. The summed E-state index contributed by atoms with van der Waals surface area (Å²) in [6.45, 7) is 11.7. The zero-order valence-electron chi connectivity index (χ0n) is 13.3. The van der Waals surface area contributed by atoms with Crippen molar-refractivity contribution in [2.45, 2.75) is 57.3 Å². The first-order valence-corrected chi connectivity index (χ1v) is 10.6. The highest BCUT2D eigenvalue weighted by molar-refractivity contribution is 6.74. The Balaban J connectivity index is 1.86. The molecule has 0 aromatic heterocycles. The normalized spacial score (nSPS) is 28.6. The molecule has 3 rings (SSSR count). The molecule has 0 heterocycles. The van der Waals surface area contributed by atoms with Gasteiger partial charge in [0.1, 0.15) is 0 Å². The highest BCUT2D eigenvalue weighted by Crippen LogP contribution is 2.47. The first-order valence-electron chi connectivity index (χ1n) is 7.73. The molecular weight excluding hydrogens is 260 g/mol. The molecule has 0 unspecified atom stereocenters.